The van der Waals surface area contributed by atoms with Crippen LogP contribution in [0.25, 0.3) is 11.4 Å². The number of carbonyl (C=O) groups is 1. The molecule has 1 fully saturated rings. The standard InChI is InChI=1S/C43H52IN7O11S2/c1-41(2,3)50(40(52)53)26-43(27-61-42(4,5)62-28-43)47-63(54,55)36-22-21-35(44)37(39-45-48-51(46-39)25-31-13-19-34(60-8)20-14-31)38(36)64(56,57)49(23-29-9-15-32(58-6)16-10-29)24-30-11-17-33(59-7)18-12-30/h9-22,47H,23-28H2,1-8H3,(H,52,53). The molecule has 1 aliphatic rings. The van der Waals surface area contributed by atoms with Crippen LogP contribution in [-0.4, -0.2) is 115 Å². The van der Waals surface area contributed by atoms with Crippen LogP contribution in [0.15, 0.2) is 94.7 Å². The number of ether oxygens (including phenoxy) is 5. The fourth-order valence-electron chi connectivity index (χ4n) is 6.87. The van der Waals surface area contributed by atoms with Crippen LogP contribution in [0.5, 0.6) is 17.2 Å². The number of hydrogen-bond acceptors (Lipinski definition) is 13. The van der Waals surface area contributed by atoms with Crippen molar-refractivity contribution in [2.24, 2.45) is 0 Å². The zero-order valence-corrected chi connectivity index (χ0v) is 40.5. The molecule has 4 aromatic carbocycles. The van der Waals surface area contributed by atoms with E-state index in [4.69, 9.17) is 23.7 Å². The number of nitrogens with one attached hydrogen (secondary N) is 1. The predicted molar refractivity (Wildman–Crippen MR) is 244 cm³/mol. The first kappa shape index (κ1) is 48.5. The van der Waals surface area contributed by atoms with Gasteiger partial charge >= 0.3 is 6.09 Å². The van der Waals surface area contributed by atoms with Gasteiger partial charge in [-0.3, -0.25) is 0 Å². The first-order valence-electron chi connectivity index (χ1n) is 19.9. The Balaban J connectivity index is 1.55. The summed E-state index contributed by atoms with van der Waals surface area (Å²) >= 11 is 1.93. The first-order chi connectivity index (χ1) is 30.1. The van der Waals surface area contributed by atoms with Crippen molar-refractivity contribution in [1.29, 1.82) is 0 Å². The number of tetrazole rings is 1. The quantitative estimate of drug-likeness (QED) is 0.103. The Morgan fingerprint density at radius 3 is 1.75 bits per heavy atom. The number of methoxy groups -OCH3 is 3. The van der Waals surface area contributed by atoms with Gasteiger partial charge in [-0.25, -0.2) is 21.6 Å². The highest BCUT2D eigenvalue weighted by Gasteiger charge is 2.48. The van der Waals surface area contributed by atoms with Crippen LogP contribution in [0.1, 0.15) is 51.3 Å². The van der Waals surface area contributed by atoms with Gasteiger partial charge in [-0.2, -0.15) is 13.8 Å². The summed E-state index contributed by atoms with van der Waals surface area (Å²) in [5, 5.41) is 23.5. The maximum Gasteiger partial charge on any atom is 0.407 e. The Bertz CT molecular complexity index is 2600. The summed E-state index contributed by atoms with van der Waals surface area (Å²) in [5.41, 5.74) is -0.902. The van der Waals surface area contributed by atoms with Gasteiger partial charge in [0, 0.05) is 28.7 Å². The van der Waals surface area contributed by atoms with Crippen LogP contribution in [0.2, 0.25) is 0 Å². The molecule has 1 amide bonds. The Hall–Kier alpha value is -4.91. The lowest BCUT2D eigenvalue weighted by Crippen LogP contribution is -2.67. The van der Waals surface area contributed by atoms with Gasteiger partial charge in [0.2, 0.25) is 25.9 Å². The largest absolute Gasteiger partial charge is 0.497 e. The summed E-state index contributed by atoms with van der Waals surface area (Å²) < 4.78 is 94.1. The number of nitrogens with zero attached hydrogens (tertiary/aromatic N) is 6. The normalized spacial score (nSPS) is 15.2. The molecule has 18 nitrogen and oxygen atoms in total. The minimum Gasteiger partial charge on any atom is -0.497 e. The van der Waals surface area contributed by atoms with E-state index in [0.29, 0.717) is 31.9 Å². The van der Waals surface area contributed by atoms with Crippen LogP contribution < -0.4 is 18.9 Å². The lowest BCUT2D eigenvalue weighted by atomic mass is 9.97. The molecule has 2 N–H and O–H groups in total. The number of amides is 1. The Morgan fingerprint density at radius 1 is 0.812 bits per heavy atom. The molecule has 0 unspecified atom stereocenters. The summed E-state index contributed by atoms with van der Waals surface area (Å²) in [6.45, 7) is 6.99. The molecule has 0 bridgehead atoms. The second-order valence-corrected chi connectivity index (χ2v) is 21.3. The van der Waals surface area contributed by atoms with Gasteiger partial charge in [0.25, 0.3) is 0 Å². The molecule has 5 aromatic rings. The SMILES string of the molecule is COc1ccc(CN(Cc2ccc(OC)cc2)S(=O)(=O)c2c(S(=O)(=O)NC3(CN(C(=O)O)C(C)(C)C)COC(C)(C)OC3)ccc(I)c2-c2nnn(Cc3ccc(OC)cc3)n2)cc1. The number of rotatable bonds is 17. The lowest BCUT2D eigenvalue weighted by molar-refractivity contribution is -0.270. The topological polar surface area (TPSA) is 214 Å². The van der Waals surface area contributed by atoms with E-state index < -0.39 is 59.3 Å². The number of benzene rings is 4. The van der Waals surface area contributed by atoms with E-state index in [9.17, 15) is 9.90 Å². The third-order valence-electron chi connectivity index (χ3n) is 10.4. The van der Waals surface area contributed by atoms with Crippen molar-refractivity contribution in [3.05, 3.63) is 105 Å². The predicted octanol–water partition coefficient (Wildman–Crippen LogP) is 5.99. The molecule has 1 aromatic heterocycles. The molecule has 1 saturated heterocycles. The molecule has 6 rings (SSSR count). The van der Waals surface area contributed by atoms with E-state index in [1.165, 1.54) is 35.5 Å². The van der Waals surface area contributed by atoms with Gasteiger partial charge in [-0.05, 0) is 128 Å². The van der Waals surface area contributed by atoms with Crippen LogP contribution in [-0.2, 0) is 49.2 Å². The van der Waals surface area contributed by atoms with Crippen molar-refractivity contribution < 1.29 is 50.4 Å². The minimum atomic E-state index is -4.95. The summed E-state index contributed by atoms with van der Waals surface area (Å²) in [6, 6.07) is 23.5. The summed E-state index contributed by atoms with van der Waals surface area (Å²) in [7, 11) is -5.25. The molecule has 0 saturated carbocycles. The molecule has 0 aliphatic carbocycles. The van der Waals surface area contributed by atoms with Crippen LogP contribution >= 0.6 is 22.6 Å². The fraction of sp³-hybridized carbons (Fsp3) is 0.395. The first-order valence-corrected chi connectivity index (χ1v) is 23.9. The van der Waals surface area contributed by atoms with Crippen molar-refractivity contribution in [1.82, 2.24) is 34.1 Å². The van der Waals surface area contributed by atoms with Crippen molar-refractivity contribution >= 4 is 48.7 Å². The van der Waals surface area contributed by atoms with Crippen LogP contribution in [0.4, 0.5) is 4.79 Å². The second kappa shape index (κ2) is 19.3. The van der Waals surface area contributed by atoms with E-state index in [1.54, 1.807) is 102 Å². The molecular formula is C43H52IN7O11S2. The lowest BCUT2D eigenvalue weighted by Gasteiger charge is -2.47. The molecule has 64 heavy (non-hydrogen) atoms. The number of hydrogen-bond donors (Lipinski definition) is 2. The smallest absolute Gasteiger partial charge is 0.407 e. The van der Waals surface area contributed by atoms with Crippen molar-refractivity contribution in [3.8, 4) is 28.6 Å². The van der Waals surface area contributed by atoms with E-state index in [0.717, 1.165) is 10.5 Å². The van der Waals surface area contributed by atoms with E-state index in [1.807, 2.05) is 34.7 Å². The van der Waals surface area contributed by atoms with Gasteiger partial charge in [0.05, 0.1) is 52.2 Å². The molecular weight excluding hydrogens is 982 g/mol. The minimum absolute atomic E-state index is 0.118. The zero-order chi connectivity index (χ0) is 46.7. The Labute approximate surface area is 387 Å². The van der Waals surface area contributed by atoms with Crippen LogP contribution in [0, 0.1) is 3.57 Å². The average molecular weight is 1030 g/mol. The molecule has 1 aliphatic heterocycles. The highest BCUT2D eigenvalue weighted by atomic mass is 127. The maximum absolute atomic E-state index is 15.8. The van der Waals surface area contributed by atoms with E-state index in [-0.39, 0.29) is 44.2 Å². The fourth-order valence-corrected chi connectivity index (χ4v) is 11.5. The maximum atomic E-state index is 15.8. The molecule has 344 valence electrons. The highest BCUT2D eigenvalue weighted by molar-refractivity contribution is 14.1. The van der Waals surface area contributed by atoms with E-state index in [2.05, 4.69) is 20.1 Å². The number of aromatic nitrogens is 4. The second-order valence-electron chi connectivity index (χ2n) is 16.6. The van der Waals surface area contributed by atoms with Crippen molar-refractivity contribution in [3.63, 3.8) is 0 Å². The van der Waals surface area contributed by atoms with Gasteiger partial charge in [-0.1, -0.05) is 36.4 Å². The highest BCUT2D eigenvalue weighted by Crippen LogP contribution is 2.39. The number of carboxylic acid groups (broad SMARTS) is 1. The third-order valence-corrected chi connectivity index (χ3v) is 14.9. The van der Waals surface area contributed by atoms with Gasteiger partial charge < -0.3 is 33.7 Å². The van der Waals surface area contributed by atoms with Gasteiger partial charge in [0.1, 0.15) is 27.0 Å². The van der Waals surface area contributed by atoms with Gasteiger partial charge in [0.15, 0.2) is 5.79 Å². The third kappa shape index (κ3) is 11.3. The van der Waals surface area contributed by atoms with Crippen LogP contribution in [0.3, 0.4) is 0 Å². The summed E-state index contributed by atoms with van der Waals surface area (Å²) in [4.78, 5) is 13.8. The zero-order valence-electron chi connectivity index (χ0n) is 36.7. The van der Waals surface area contributed by atoms with Crippen molar-refractivity contribution in [2.75, 3.05) is 41.1 Å². The van der Waals surface area contributed by atoms with Crippen molar-refractivity contribution in [2.45, 2.75) is 80.9 Å². The molecule has 0 spiro atoms. The molecule has 21 heteroatoms. The van der Waals surface area contributed by atoms with E-state index >= 15 is 16.8 Å². The van der Waals surface area contributed by atoms with Gasteiger partial charge in [-0.15, -0.1) is 10.2 Å². The molecule has 2 heterocycles. The summed E-state index contributed by atoms with van der Waals surface area (Å²) in [5.74, 6) is 0.455. The average Bonchev–Trinajstić information content (AvgIpc) is 3.71. The summed E-state index contributed by atoms with van der Waals surface area (Å²) in [6.07, 6.45) is -1.31. The number of halogens is 1. The molecule has 0 atom stereocenters. The Morgan fingerprint density at radius 2 is 1.30 bits per heavy atom. The molecule has 0 radical (unpaired) electrons. The number of sulfonamides is 2. The Kier molecular flexibility index (Phi) is 14.6. The monoisotopic (exact) mass is 1030 g/mol.